The Kier molecular flexibility index (Phi) is 2.57. The van der Waals surface area contributed by atoms with Gasteiger partial charge < -0.3 is 5.73 Å². The highest BCUT2D eigenvalue weighted by Crippen LogP contribution is 2.25. The van der Waals surface area contributed by atoms with Gasteiger partial charge in [-0.05, 0) is 23.6 Å². The minimum atomic E-state index is 0.415. The zero-order valence-electron chi connectivity index (χ0n) is 9.58. The second-order valence-electron chi connectivity index (χ2n) is 3.99. The van der Waals surface area contributed by atoms with Gasteiger partial charge in [-0.15, -0.1) is 0 Å². The van der Waals surface area contributed by atoms with Crippen molar-refractivity contribution >= 4 is 28.0 Å². The SMILES string of the molecule is NC(=S)c1ccc(-n2cccn2)c2ccccc12. The third kappa shape index (κ3) is 1.67. The molecule has 0 amide bonds. The van der Waals surface area contributed by atoms with Crippen LogP contribution in [0.4, 0.5) is 0 Å². The van der Waals surface area contributed by atoms with Gasteiger partial charge in [0.15, 0.2) is 0 Å². The summed E-state index contributed by atoms with van der Waals surface area (Å²) in [6, 6.07) is 13.9. The van der Waals surface area contributed by atoms with Crippen molar-refractivity contribution in [1.29, 1.82) is 0 Å². The Balaban J connectivity index is 2.37. The first kappa shape index (κ1) is 10.9. The monoisotopic (exact) mass is 253 g/mol. The Morgan fingerprint density at radius 2 is 1.83 bits per heavy atom. The number of hydrogen-bond acceptors (Lipinski definition) is 2. The number of aromatic nitrogens is 2. The molecule has 2 aromatic carbocycles. The molecule has 0 unspecified atom stereocenters. The lowest BCUT2D eigenvalue weighted by Crippen LogP contribution is -2.10. The number of hydrogen-bond donors (Lipinski definition) is 1. The Morgan fingerprint density at radius 3 is 2.50 bits per heavy atom. The third-order valence-corrected chi connectivity index (χ3v) is 3.14. The molecule has 0 saturated heterocycles. The lowest BCUT2D eigenvalue weighted by atomic mass is 10.0. The summed E-state index contributed by atoms with van der Waals surface area (Å²) < 4.78 is 1.84. The Hall–Kier alpha value is -2.20. The number of thiocarbonyl (C=S) groups is 1. The van der Waals surface area contributed by atoms with Crippen LogP contribution >= 0.6 is 12.2 Å². The molecule has 0 aliphatic rings. The zero-order valence-corrected chi connectivity index (χ0v) is 10.4. The van der Waals surface area contributed by atoms with Gasteiger partial charge in [0, 0.05) is 23.3 Å². The predicted octanol–water partition coefficient (Wildman–Crippen LogP) is 2.66. The van der Waals surface area contributed by atoms with Crippen LogP contribution in [-0.2, 0) is 0 Å². The third-order valence-electron chi connectivity index (χ3n) is 2.92. The summed E-state index contributed by atoms with van der Waals surface area (Å²) in [5, 5.41) is 6.41. The lowest BCUT2D eigenvalue weighted by Gasteiger charge is -2.10. The largest absolute Gasteiger partial charge is 0.389 e. The number of benzene rings is 2. The van der Waals surface area contributed by atoms with E-state index in [1.807, 2.05) is 53.3 Å². The highest BCUT2D eigenvalue weighted by atomic mass is 32.1. The quantitative estimate of drug-likeness (QED) is 0.714. The minimum Gasteiger partial charge on any atom is -0.389 e. The summed E-state index contributed by atoms with van der Waals surface area (Å²) in [6.45, 7) is 0. The van der Waals surface area contributed by atoms with Gasteiger partial charge in [0.05, 0.1) is 5.69 Å². The van der Waals surface area contributed by atoms with Crippen molar-refractivity contribution in [2.24, 2.45) is 5.73 Å². The van der Waals surface area contributed by atoms with Crippen LogP contribution in [0.3, 0.4) is 0 Å². The second kappa shape index (κ2) is 4.23. The van der Waals surface area contributed by atoms with Gasteiger partial charge in [-0.25, -0.2) is 4.68 Å². The molecule has 0 atom stereocenters. The summed E-state index contributed by atoms with van der Waals surface area (Å²) in [7, 11) is 0. The van der Waals surface area contributed by atoms with Crippen molar-refractivity contribution in [3.63, 3.8) is 0 Å². The highest BCUT2D eigenvalue weighted by molar-refractivity contribution is 7.80. The van der Waals surface area contributed by atoms with Crippen LogP contribution in [0.25, 0.3) is 16.5 Å². The highest BCUT2D eigenvalue weighted by Gasteiger charge is 2.08. The lowest BCUT2D eigenvalue weighted by molar-refractivity contribution is 0.888. The van der Waals surface area contributed by atoms with E-state index in [0.29, 0.717) is 4.99 Å². The zero-order chi connectivity index (χ0) is 12.5. The first-order chi connectivity index (χ1) is 8.77. The van der Waals surface area contributed by atoms with E-state index in [1.165, 1.54) is 0 Å². The van der Waals surface area contributed by atoms with Gasteiger partial charge in [0.1, 0.15) is 4.99 Å². The van der Waals surface area contributed by atoms with E-state index in [4.69, 9.17) is 18.0 Å². The van der Waals surface area contributed by atoms with E-state index in [9.17, 15) is 0 Å². The first-order valence-corrected chi connectivity index (χ1v) is 6.00. The molecule has 18 heavy (non-hydrogen) atoms. The molecule has 1 heterocycles. The second-order valence-corrected chi connectivity index (χ2v) is 4.43. The van der Waals surface area contributed by atoms with Crippen LogP contribution in [0.2, 0.25) is 0 Å². The summed E-state index contributed by atoms with van der Waals surface area (Å²) in [4.78, 5) is 0.415. The van der Waals surface area contributed by atoms with Gasteiger partial charge in [-0.2, -0.15) is 5.10 Å². The van der Waals surface area contributed by atoms with Crippen LogP contribution < -0.4 is 5.73 Å². The molecule has 4 heteroatoms. The molecule has 0 spiro atoms. The van der Waals surface area contributed by atoms with E-state index in [-0.39, 0.29) is 0 Å². The van der Waals surface area contributed by atoms with Crippen molar-refractivity contribution in [3.8, 4) is 5.69 Å². The van der Waals surface area contributed by atoms with Crippen molar-refractivity contribution in [2.45, 2.75) is 0 Å². The standard InChI is InChI=1S/C14H11N3S/c15-14(18)12-6-7-13(17-9-3-8-16-17)11-5-2-1-4-10(11)12/h1-9H,(H2,15,18). The van der Waals surface area contributed by atoms with Crippen molar-refractivity contribution in [3.05, 3.63) is 60.4 Å². The summed E-state index contributed by atoms with van der Waals surface area (Å²) in [5.74, 6) is 0. The smallest absolute Gasteiger partial charge is 0.104 e. The molecule has 0 fully saturated rings. The molecular formula is C14H11N3S. The van der Waals surface area contributed by atoms with E-state index >= 15 is 0 Å². The molecule has 3 rings (SSSR count). The molecule has 0 saturated carbocycles. The van der Waals surface area contributed by atoms with Crippen LogP contribution in [0, 0.1) is 0 Å². The molecule has 2 N–H and O–H groups in total. The molecule has 0 bridgehead atoms. The Bertz CT molecular complexity index is 717. The maximum absolute atomic E-state index is 5.76. The molecule has 0 aliphatic carbocycles. The van der Waals surface area contributed by atoms with Crippen molar-refractivity contribution in [1.82, 2.24) is 9.78 Å². The fourth-order valence-corrected chi connectivity index (χ4v) is 2.29. The summed E-state index contributed by atoms with van der Waals surface area (Å²) in [5.41, 5.74) is 7.68. The minimum absolute atomic E-state index is 0.415. The molecule has 1 aromatic heterocycles. The predicted molar refractivity (Wildman–Crippen MR) is 77.0 cm³/mol. The topological polar surface area (TPSA) is 43.8 Å². The van der Waals surface area contributed by atoms with E-state index < -0.39 is 0 Å². The van der Waals surface area contributed by atoms with E-state index in [2.05, 4.69) is 5.10 Å². The fraction of sp³-hybridized carbons (Fsp3) is 0. The molecule has 0 radical (unpaired) electrons. The Morgan fingerprint density at radius 1 is 1.06 bits per heavy atom. The average molecular weight is 253 g/mol. The van der Waals surface area contributed by atoms with Gasteiger partial charge in [-0.3, -0.25) is 0 Å². The Labute approximate surface area is 110 Å². The van der Waals surface area contributed by atoms with Crippen molar-refractivity contribution in [2.75, 3.05) is 0 Å². The van der Waals surface area contributed by atoms with Gasteiger partial charge in [-0.1, -0.05) is 36.5 Å². The van der Waals surface area contributed by atoms with Gasteiger partial charge in [0.2, 0.25) is 0 Å². The molecule has 88 valence electrons. The average Bonchev–Trinajstić information content (AvgIpc) is 2.91. The van der Waals surface area contributed by atoms with Gasteiger partial charge >= 0.3 is 0 Å². The molecular weight excluding hydrogens is 242 g/mol. The van der Waals surface area contributed by atoms with E-state index in [1.54, 1.807) is 6.20 Å². The molecule has 0 aliphatic heterocycles. The number of nitrogens with two attached hydrogens (primary N) is 1. The fourth-order valence-electron chi connectivity index (χ4n) is 2.11. The van der Waals surface area contributed by atoms with Crippen LogP contribution in [-0.4, -0.2) is 14.8 Å². The molecule has 3 nitrogen and oxygen atoms in total. The van der Waals surface area contributed by atoms with E-state index in [0.717, 1.165) is 22.0 Å². The molecule has 3 aromatic rings. The van der Waals surface area contributed by atoms with Crippen LogP contribution in [0.1, 0.15) is 5.56 Å². The number of nitrogens with zero attached hydrogens (tertiary/aromatic N) is 2. The van der Waals surface area contributed by atoms with Gasteiger partial charge in [0.25, 0.3) is 0 Å². The summed E-state index contributed by atoms with van der Waals surface area (Å²) in [6.07, 6.45) is 3.68. The normalized spacial score (nSPS) is 10.7. The summed E-state index contributed by atoms with van der Waals surface area (Å²) >= 11 is 5.09. The first-order valence-electron chi connectivity index (χ1n) is 5.59. The van der Waals surface area contributed by atoms with Crippen LogP contribution in [0.15, 0.2) is 54.9 Å². The maximum Gasteiger partial charge on any atom is 0.104 e. The number of rotatable bonds is 2. The van der Waals surface area contributed by atoms with Crippen molar-refractivity contribution < 1.29 is 0 Å². The maximum atomic E-state index is 5.76. The number of fused-ring (bicyclic) bond motifs is 1. The van der Waals surface area contributed by atoms with Crippen LogP contribution in [0.5, 0.6) is 0 Å².